The number of rotatable bonds is 3. The van der Waals surface area contributed by atoms with Crippen molar-refractivity contribution in [3.8, 4) is 0 Å². The SMILES string of the molecule is CNc1nccc(C(=O)N2CCC(C)C2CO)c1F. The molecule has 0 bridgehead atoms. The molecule has 0 saturated carbocycles. The monoisotopic (exact) mass is 267 g/mol. The van der Waals surface area contributed by atoms with Gasteiger partial charge in [0.1, 0.15) is 0 Å². The first-order valence-electron chi connectivity index (χ1n) is 6.34. The molecule has 1 amide bonds. The molecule has 0 aliphatic carbocycles. The van der Waals surface area contributed by atoms with Gasteiger partial charge in [0.05, 0.1) is 18.2 Å². The Labute approximate surface area is 111 Å². The predicted octanol–water partition coefficient (Wildman–Crippen LogP) is 1.11. The van der Waals surface area contributed by atoms with Crippen LogP contribution < -0.4 is 5.32 Å². The van der Waals surface area contributed by atoms with Gasteiger partial charge in [-0.25, -0.2) is 9.37 Å². The van der Waals surface area contributed by atoms with E-state index in [0.717, 1.165) is 6.42 Å². The van der Waals surface area contributed by atoms with E-state index >= 15 is 0 Å². The van der Waals surface area contributed by atoms with Crippen molar-refractivity contribution in [2.24, 2.45) is 5.92 Å². The molecule has 6 heteroatoms. The second-order valence-corrected chi connectivity index (χ2v) is 4.79. The van der Waals surface area contributed by atoms with Crippen molar-refractivity contribution in [1.29, 1.82) is 0 Å². The number of pyridine rings is 1. The average molecular weight is 267 g/mol. The summed E-state index contributed by atoms with van der Waals surface area (Å²) in [5.74, 6) is -0.757. The third-order valence-electron chi connectivity index (χ3n) is 3.69. The molecule has 104 valence electrons. The van der Waals surface area contributed by atoms with E-state index in [9.17, 15) is 14.3 Å². The van der Waals surface area contributed by atoms with Crippen molar-refractivity contribution in [2.45, 2.75) is 19.4 Å². The maximum absolute atomic E-state index is 14.1. The van der Waals surface area contributed by atoms with Crippen LogP contribution in [0.1, 0.15) is 23.7 Å². The fourth-order valence-corrected chi connectivity index (χ4v) is 2.48. The van der Waals surface area contributed by atoms with E-state index in [-0.39, 0.29) is 35.9 Å². The summed E-state index contributed by atoms with van der Waals surface area (Å²) in [5.41, 5.74) is -0.00750. The Morgan fingerprint density at radius 2 is 2.42 bits per heavy atom. The van der Waals surface area contributed by atoms with Gasteiger partial charge in [-0.2, -0.15) is 0 Å². The van der Waals surface area contributed by atoms with E-state index in [1.165, 1.54) is 12.3 Å². The van der Waals surface area contributed by atoms with Crippen molar-refractivity contribution >= 4 is 11.7 Å². The number of carbonyl (C=O) groups excluding carboxylic acids is 1. The molecule has 1 aliphatic heterocycles. The number of nitrogens with zero attached hydrogens (tertiary/aromatic N) is 2. The number of aliphatic hydroxyl groups is 1. The Balaban J connectivity index is 2.30. The smallest absolute Gasteiger partial charge is 0.257 e. The second-order valence-electron chi connectivity index (χ2n) is 4.79. The van der Waals surface area contributed by atoms with Crippen LogP contribution in [0.15, 0.2) is 12.3 Å². The minimum Gasteiger partial charge on any atom is -0.394 e. The fourth-order valence-electron chi connectivity index (χ4n) is 2.48. The van der Waals surface area contributed by atoms with Gasteiger partial charge in [0, 0.05) is 19.8 Å². The molecule has 0 aromatic carbocycles. The lowest BCUT2D eigenvalue weighted by molar-refractivity contribution is 0.0643. The molecule has 0 radical (unpaired) electrons. The maximum Gasteiger partial charge on any atom is 0.257 e. The summed E-state index contributed by atoms with van der Waals surface area (Å²) in [6.45, 7) is 2.43. The molecule has 1 aromatic heterocycles. The number of hydrogen-bond acceptors (Lipinski definition) is 4. The molecular weight excluding hydrogens is 249 g/mol. The van der Waals surface area contributed by atoms with Gasteiger partial charge in [0.15, 0.2) is 11.6 Å². The van der Waals surface area contributed by atoms with Gasteiger partial charge in [0.25, 0.3) is 5.91 Å². The number of likely N-dealkylation sites (tertiary alicyclic amines) is 1. The van der Waals surface area contributed by atoms with Crippen molar-refractivity contribution in [2.75, 3.05) is 25.5 Å². The Hall–Kier alpha value is -1.69. The zero-order chi connectivity index (χ0) is 14.0. The molecule has 2 heterocycles. The van der Waals surface area contributed by atoms with Crippen LogP contribution >= 0.6 is 0 Å². The van der Waals surface area contributed by atoms with Gasteiger partial charge in [-0.15, -0.1) is 0 Å². The standard InChI is InChI=1S/C13H18FN3O2/c1-8-4-6-17(10(8)7-18)13(19)9-3-5-16-12(15-2)11(9)14/h3,5,8,10,18H,4,6-7H2,1-2H3,(H,15,16). The van der Waals surface area contributed by atoms with Gasteiger partial charge < -0.3 is 15.3 Å². The fraction of sp³-hybridized carbons (Fsp3) is 0.538. The molecule has 2 atom stereocenters. The van der Waals surface area contributed by atoms with Crippen molar-refractivity contribution in [3.63, 3.8) is 0 Å². The van der Waals surface area contributed by atoms with Crippen LogP contribution in [0.3, 0.4) is 0 Å². The minimum absolute atomic E-state index is 0.00750. The summed E-state index contributed by atoms with van der Waals surface area (Å²) >= 11 is 0. The Kier molecular flexibility index (Phi) is 3.99. The Morgan fingerprint density at radius 1 is 1.68 bits per heavy atom. The molecule has 19 heavy (non-hydrogen) atoms. The van der Waals surface area contributed by atoms with E-state index in [4.69, 9.17) is 0 Å². The van der Waals surface area contributed by atoms with Gasteiger partial charge in [-0.05, 0) is 18.4 Å². The summed E-state index contributed by atoms with van der Waals surface area (Å²) in [5, 5.41) is 12.0. The van der Waals surface area contributed by atoms with E-state index in [1.807, 2.05) is 6.92 Å². The number of aliphatic hydroxyl groups excluding tert-OH is 1. The van der Waals surface area contributed by atoms with Crippen LogP contribution in [0, 0.1) is 11.7 Å². The number of aromatic nitrogens is 1. The van der Waals surface area contributed by atoms with E-state index in [2.05, 4.69) is 10.3 Å². The molecule has 2 N–H and O–H groups in total. The normalized spacial score (nSPS) is 22.6. The number of hydrogen-bond donors (Lipinski definition) is 2. The molecule has 0 spiro atoms. The van der Waals surface area contributed by atoms with Gasteiger partial charge >= 0.3 is 0 Å². The summed E-state index contributed by atoms with van der Waals surface area (Å²) in [7, 11) is 1.55. The van der Waals surface area contributed by atoms with Crippen LogP contribution in [0.5, 0.6) is 0 Å². The zero-order valence-electron chi connectivity index (χ0n) is 11.1. The number of nitrogens with one attached hydrogen (secondary N) is 1. The van der Waals surface area contributed by atoms with Gasteiger partial charge in [-0.3, -0.25) is 4.79 Å². The second kappa shape index (κ2) is 5.52. The highest BCUT2D eigenvalue weighted by molar-refractivity contribution is 5.95. The lowest BCUT2D eigenvalue weighted by Gasteiger charge is -2.25. The lowest BCUT2D eigenvalue weighted by Crippen LogP contribution is -2.40. The molecule has 5 nitrogen and oxygen atoms in total. The Bertz CT molecular complexity index is 481. The highest BCUT2D eigenvalue weighted by atomic mass is 19.1. The predicted molar refractivity (Wildman–Crippen MR) is 69.4 cm³/mol. The molecule has 1 fully saturated rings. The highest BCUT2D eigenvalue weighted by Crippen LogP contribution is 2.26. The molecule has 1 saturated heterocycles. The molecule has 1 aromatic rings. The number of anilines is 1. The Morgan fingerprint density at radius 3 is 3.05 bits per heavy atom. The molecule has 2 rings (SSSR count). The van der Waals surface area contributed by atoms with Crippen LogP contribution in [-0.2, 0) is 0 Å². The van der Waals surface area contributed by atoms with Gasteiger partial charge in [-0.1, -0.05) is 6.92 Å². The van der Waals surface area contributed by atoms with Crippen molar-refractivity contribution in [3.05, 3.63) is 23.6 Å². The van der Waals surface area contributed by atoms with E-state index in [0.29, 0.717) is 6.54 Å². The first-order chi connectivity index (χ1) is 9.10. The van der Waals surface area contributed by atoms with Crippen LogP contribution in [-0.4, -0.2) is 47.1 Å². The first-order valence-corrected chi connectivity index (χ1v) is 6.34. The van der Waals surface area contributed by atoms with Crippen molar-refractivity contribution < 1.29 is 14.3 Å². The third kappa shape index (κ3) is 2.40. The quantitative estimate of drug-likeness (QED) is 0.861. The molecule has 1 aliphatic rings. The van der Waals surface area contributed by atoms with E-state index < -0.39 is 5.82 Å². The van der Waals surface area contributed by atoms with Crippen LogP contribution in [0.4, 0.5) is 10.2 Å². The first kappa shape index (κ1) is 13.7. The van der Waals surface area contributed by atoms with Crippen LogP contribution in [0.25, 0.3) is 0 Å². The maximum atomic E-state index is 14.1. The average Bonchev–Trinajstić information content (AvgIpc) is 2.79. The van der Waals surface area contributed by atoms with Crippen molar-refractivity contribution in [1.82, 2.24) is 9.88 Å². The topological polar surface area (TPSA) is 65.5 Å². The molecule has 2 unspecified atom stereocenters. The highest BCUT2D eigenvalue weighted by Gasteiger charge is 2.35. The number of carbonyl (C=O) groups is 1. The van der Waals surface area contributed by atoms with Gasteiger partial charge in [0.2, 0.25) is 0 Å². The zero-order valence-corrected chi connectivity index (χ0v) is 11.1. The number of amides is 1. The lowest BCUT2D eigenvalue weighted by atomic mass is 10.0. The summed E-state index contributed by atoms with van der Waals surface area (Å²) in [6, 6.07) is 1.13. The summed E-state index contributed by atoms with van der Waals surface area (Å²) in [4.78, 5) is 17.7. The molecular formula is C13H18FN3O2. The number of halogens is 1. The largest absolute Gasteiger partial charge is 0.394 e. The summed E-state index contributed by atoms with van der Waals surface area (Å²) in [6.07, 6.45) is 2.22. The third-order valence-corrected chi connectivity index (χ3v) is 3.69. The van der Waals surface area contributed by atoms with E-state index in [1.54, 1.807) is 11.9 Å². The summed E-state index contributed by atoms with van der Waals surface area (Å²) < 4.78 is 14.1. The minimum atomic E-state index is -0.647. The van der Waals surface area contributed by atoms with Crippen LogP contribution in [0.2, 0.25) is 0 Å².